The zero-order valence-electron chi connectivity index (χ0n) is 20.5. The second kappa shape index (κ2) is 10.1. The van der Waals surface area contributed by atoms with E-state index in [1.54, 1.807) is 12.1 Å². The molecule has 7 heteroatoms. The van der Waals surface area contributed by atoms with Crippen molar-refractivity contribution in [2.24, 2.45) is 0 Å². The molecule has 1 aromatic carbocycles. The van der Waals surface area contributed by atoms with Gasteiger partial charge in [0.1, 0.15) is 12.4 Å². The van der Waals surface area contributed by atoms with E-state index < -0.39 is 11.7 Å². The summed E-state index contributed by atoms with van der Waals surface area (Å²) in [6, 6.07) is 8.36. The number of aromatic nitrogens is 1. The molecule has 0 amide bonds. The first-order chi connectivity index (χ1) is 16.1. The van der Waals surface area contributed by atoms with Crippen LogP contribution in [0.3, 0.4) is 0 Å². The van der Waals surface area contributed by atoms with Gasteiger partial charge in [-0.3, -0.25) is 9.88 Å². The topological polar surface area (TPSA) is 28.6 Å². The van der Waals surface area contributed by atoms with Crippen LogP contribution < -0.4 is 9.64 Å². The maximum Gasteiger partial charge on any atom is 0.416 e. The molecule has 2 aromatic rings. The van der Waals surface area contributed by atoms with Crippen molar-refractivity contribution in [1.82, 2.24) is 9.88 Å². The molecule has 0 radical (unpaired) electrons. The number of benzene rings is 1. The minimum Gasteiger partial charge on any atom is -0.487 e. The molecule has 34 heavy (non-hydrogen) atoms. The number of anilines is 1. The molecule has 1 saturated heterocycles. The van der Waals surface area contributed by atoms with Crippen LogP contribution in [-0.2, 0) is 12.8 Å². The molecule has 186 valence electrons. The third-order valence-corrected chi connectivity index (χ3v) is 7.16. The average molecular weight is 476 g/mol. The highest BCUT2D eigenvalue weighted by Crippen LogP contribution is 2.42. The van der Waals surface area contributed by atoms with Gasteiger partial charge in [-0.05, 0) is 69.4 Å². The number of piperazine rings is 1. The SMILES string of the molecule is CC(C)(C)N1CCN(c2ccc(COc3ccc(C4CCCCC4)c(C(F)(F)F)c3)nc2)CC1. The monoisotopic (exact) mass is 475 g/mol. The van der Waals surface area contributed by atoms with Crippen LogP contribution in [0, 0.1) is 0 Å². The van der Waals surface area contributed by atoms with Gasteiger partial charge in [0.15, 0.2) is 0 Å². The largest absolute Gasteiger partial charge is 0.487 e. The van der Waals surface area contributed by atoms with Crippen LogP contribution in [0.15, 0.2) is 36.5 Å². The van der Waals surface area contributed by atoms with Crippen LogP contribution >= 0.6 is 0 Å². The van der Waals surface area contributed by atoms with E-state index in [2.05, 4.69) is 35.6 Å². The van der Waals surface area contributed by atoms with Gasteiger partial charge in [-0.1, -0.05) is 25.3 Å². The summed E-state index contributed by atoms with van der Waals surface area (Å²) in [5, 5.41) is 0. The Morgan fingerprint density at radius 3 is 2.24 bits per heavy atom. The van der Waals surface area contributed by atoms with Crippen molar-refractivity contribution in [3.8, 4) is 5.75 Å². The first-order valence-corrected chi connectivity index (χ1v) is 12.4. The Labute approximate surface area is 201 Å². The normalized spacial score (nSPS) is 18.8. The molecule has 2 heterocycles. The molecule has 0 atom stereocenters. The van der Waals surface area contributed by atoms with Gasteiger partial charge in [-0.25, -0.2) is 0 Å². The van der Waals surface area contributed by atoms with E-state index in [9.17, 15) is 13.2 Å². The van der Waals surface area contributed by atoms with E-state index in [0.717, 1.165) is 70.0 Å². The van der Waals surface area contributed by atoms with Gasteiger partial charge < -0.3 is 9.64 Å². The first kappa shape index (κ1) is 24.8. The van der Waals surface area contributed by atoms with Crippen molar-refractivity contribution in [1.29, 1.82) is 0 Å². The second-order valence-electron chi connectivity index (χ2n) is 10.5. The number of halogens is 3. The zero-order chi connectivity index (χ0) is 24.3. The molecule has 4 rings (SSSR count). The van der Waals surface area contributed by atoms with Gasteiger partial charge >= 0.3 is 6.18 Å². The van der Waals surface area contributed by atoms with Gasteiger partial charge in [-0.15, -0.1) is 0 Å². The Morgan fingerprint density at radius 2 is 1.65 bits per heavy atom. The molecule has 1 aromatic heterocycles. The van der Waals surface area contributed by atoms with Crippen LogP contribution in [0.1, 0.15) is 75.6 Å². The molecule has 1 saturated carbocycles. The Balaban J connectivity index is 1.38. The Kier molecular flexibility index (Phi) is 7.41. The van der Waals surface area contributed by atoms with E-state index in [1.165, 1.54) is 0 Å². The average Bonchev–Trinajstić information content (AvgIpc) is 2.82. The fourth-order valence-corrected chi connectivity index (χ4v) is 5.12. The number of hydrogen-bond acceptors (Lipinski definition) is 4. The van der Waals surface area contributed by atoms with Crippen molar-refractivity contribution in [3.63, 3.8) is 0 Å². The molecular weight excluding hydrogens is 439 g/mol. The number of hydrogen-bond donors (Lipinski definition) is 0. The van der Waals surface area contributed by atoms with Crippen LogP contribution in [0.2, 0.25) is 0 Å². The lowest BCUT2D eigenvalue weighted by molar-refractivity contribution is -0.138. The van der Waals surface area contributed by atoms with E-state index in [0.29, 0.717) is 11.3 Å². The summed E-state index contributed by atoms with van der Waals surface area (Å²) in [6.07, 6.45) is 2.19. The summed E-state index contributed by atoms with van der Waals surface area (Å²) in [5.74, 6) is 0.218. The molecule has 0 spiro atoms. The third-order valence-electron chi connectivity index (χ3n) is 7.16. The van der Waals surface area contributed by atoms with Crippen LogP contribution in [0.5, 0.6) is 5.75 Å². The summed E-state index contributed by atoms with van der Waals surface area (Å²) in [7, 11) is 0. The van der Waals surface area contributed by atoms with Crippen LogP contribution in [0.4, 0.5) is 18.9 Å². The summed E-state index contributed by atoms with van der Waals surface area (Å²) < 4.78 is 47.1. The molecule has 1 aliphatic heterocycles. The maximum absolute atomic E-state index is 13.8. The van der Waals surface area contributed by atoms with Crippen molar-refractivity contribution in [3.05, 3.63) is 53.3 Å². The molecular formula is C27H36F3N3O. The van der Waals surface area contributed by atoms with E-state index in [1.807, 2.05) is 18.3 Å². The zero-order valence-corrected chi connectivity index (χ0v) is 20.5. The van der Waals surface area contributed by atoms with Crippen molar-refractivity contribution in [2.75, 3.05) is 31.1 Å². The number of nitrogens with zero attached hydrogens (tertiary/aromatic N) is 3. The minimum absolute atomic E-state index is 0.0149. The van der Waals surface area contributed by atoms with Gasteiger partial charge in [0.2, 0.25) is 0 Å². The summed E-state index contributed by atoms with van der Waals surface area (Å²) in [5.41, 5.74) is 1.78. The van der Waals surface area contributed by atoms with E-state index >= 15 is 0 Å². The molecule has 0 N–H and O–H groups in total. The number of rotatable bonds is 5. The predicted molar refractivity (Wildman–Crippen MR) is 129 cm³/mol. The molecule has 4 nitrogen and oxygen atoms in total. The number of alkyl halides is 3. The van der Waals surface area contributed by atoms with Crippen LogP contribution in [-0.4, -0.2) is 41.6 Å². The highest BCUT2D eigenvalue weighted by atomic mass is 19.4. The predicted octanol–water partition coefficient (Wildman–Crippen LogP) is 6.65. The fraction of sp³-hybridized carbons (Fsp3) is 0.593. The highest BCUT2D eigenvalue weighted by molar-refractivity contribution is 5.45. The standard InChI is InChI=1S/C27H36F3N3O/c1-26(2,3)33-15-13-32(14-16-33)22-10-9-21(31-18-22)19-34-23-11-12-24(20-7-5-4-6-8-20)25(17-23)27(28,29)30/h9-12,17-18,20H,4-8,13-16,19H2,1-3H3. The smallest absolute Gasteiger partial charge is 0.416 e. The number of pyridine rings is 1. The lowest BCUT2D eigenvalue weighted by Crippen LogP contribution is -2.53. The van der Waals surface area contributed by atoms with Gasteiger partial charge in [0.25, 0.3) is 0 Å². The Morgan fingerprint density at radius 1 is 0.941 bits per heavy atom. The fourth-order valence-electron chi connectivity index (χ4n) is 5.12. The van der Waals surface area contributed by atoms with E-state index in [-0.39, 0.29) is 23.8 Å². The second-order valence-corrected chi connectivity index (χ2v) is 10.5. The molecule has 0 bridgehead atoms. The Hall–Kier alpha value is -2.28. The third kappa shape index (κ3) is 6.04. The van der Waals surface area contributed by atoms with E-state index in [4.69, 9.17) is 4.74 Å². The summed E-state index contributed by atoms with van der Waals surface area (Å²) >= 11 is 0. The van der Waals surface area contributed by atoms with Gasteiger partial charge in [-0.2, -0.15) is 13.2 Å². The van der Waals surface area contributed by atoms with Gasteiger partial charge in [0.05, 0.1) is 23.1 Å². The molecule has 2 aliphatic rings. The Bertz CT molecular complexity index is 939. The van der Waals surface area contributed by atoms with Crippen LogP contribution in [0.25, 0.3) is 0 Å². The highest BCUT2D eigenvalue weighted by Gasteiger charge is 2.36. The van der Waals surface area contributed by atoms with Gasteiger partial charge in [0, 0.05) is 31.7 Å². The lowest BCUT2D eigenvalue weighted by atomic mass is 9.82. The quantitative estimate of drug-likeness (QED) is 0.484. The van der Waals surface area contributed by atoms with Crippen molar-refractivity contribution < 1.29 is 17.9 Å². The lowest BCUT2D eigenvalue weighted by Gasteiger charge is -2.42. The van der Waals surface area contributed by atoms with Crippen molar-refractivity contribution >= 4 is 5.69 Å². The number of ether oxygens (including phenoxy) is 1. The molecule has 2 fully saturated rings. The first-order valence-electron chi connectivity index (χ1n) is 12.4. The molecule has 1 aliphatic carbocycles. The molecule has 0 unspecified atom stereocenters. The maximum atomic E-state index is 13.8. The minimum atomic E-state index is -4.39. The summed E-state index contributed by atoms with van der Waals surface area (Å²) in [4.78, 5) is 9.30. The summed E-state index contributed by atoms with van der Waals surface area (Å²) in [6.45, 7) is 10.8. The van der Waals surface area contributed by atoms with Crippen molar-refractivity contribution in [2.45, 2.75) is 77.1 Å².